The topological polar surface area (TPSA) is 123 Å². The molecule has 1 aliphatic carbocycles. The van der Waals surface area contributed by atoms with Crippen LogP contribution in [0.4, 0.5) is 0 Å². The number of hydrogen-bond donors (Lipinski definition) is 5. The summed E-state index contributed by atoms with van der Waals surface area (Å²) in [4.78, 5) is 15.7. The van der Waals surface area contributed by atoms with E-state index < -0.39 is 34.3 Å². The number of benzene rings is 1. The average molecular weight is 536 g/mol. The van der Waals surface area contributed by atoms with Crippen LogP contribution in [-0.2, 0) is 28.3 Å². The van der Waals surface area contributed by atoms with Crippen molar-refractivity contribution < 1.29 is 19.6 Å². The van der Waals surface area contributed by atoms with E-state index in [4.69, 9.17) is 0 Å². The molecule has 2 aliphatic heterocycles. The predicted octanol–water partition coefficient (Wildman–Crippen LogP) is 1.89. The highest BCUT2D eigenvalue weighted by molar-refractivity contribution is 7.90. The molecule has 3 fully saturated rings. The highest BCUT2D eigenvalue weighted by atomic mass is 32.2. The van der Waals surface area contributed by atoms with Crippen LogP contribution in [0.15, 0.2) is 24.3 Å². The quantitative estimate of drug-likeness (QED) is 0.265. The van der Waals surface area contributed by atoms with Crippen LogP contribution in [0.3, 0.4) is 0 Å². The second kappa shape index (κ2) is 11.9. The third-order valence-corrected chi connectivity index (χ3v) is 9.72. The van der Waals surface area contributed by atoms with Gasteiger partial charge in [-0.1, -0.05) is 70.7 Å². The van der Waals surface area contributed by atoms with Crippen LogP contribution in [0.5, 0.6) is 0 Å². The highest BCUT2D eigenvalue weighted by Gasteiger charge is 2.53. The molecule has 37 heavy (non-hydrogen) atoms. The summed E-state index contributed by atoms with van der Waals surface area (Å²) in [7, 11) is 1.61. The molecule has 5 atom stereocenters. The van der Waals surface area contributed by atoms with Crippen LogP contribution in [-0.4, -0.2) is 68.2 Å². The predicted molar refractivity (Wildman–Crippen MR) is 145 cm³/mol. The Hall–Kier alpha value is -1.24. The van der Waals surface area contributed by atoms with Crippen molar-refractivity contribution in [2.45, 2.75) is 95.4 Å². The van der Waals surface area contributed by atoms with Crippen molar-refractivity contribution in [3.63, 3.8) is 0 Å². The molecule has 9 nitrogen and oxygen atoms in total. The minimum atomic E-state index is -1.45. The van der Waals surface area contributed by atoms with Crippen molar-refractivity contribution in [2.24, 2.45) is 11.3 Å². The van der Waals surface area contributed by atoms with Crippen LogP contribution < -0.4 is 15.7 Å². The zero-order valence-corrected chi connectivity index (χ0v) is 23.5. The van der Waals surface area contributed by atoms with Gasteiger partial charge < -0.3 is 14.8 Å². The molecule has 2 heterocycles. The number of amides is 1. The van der Waals surface area contributed by atoms with E-state index in [1.54, 1.807) is 11.9 Å². The number of aliphatic hydroxyl groups excluding tert-OH is 2. The molecule has 0 bridgehead atoms. The van der Waals surface area contributed by atoms with Gasteiger partial charge in [0, 0.05) is 20.0 Å². The number of β-amino-alcohol motifs (C(OH)–C–C–N with tert-alkyl or cyclic N) is 1. The molecule has 2 unspecified atom stereocenters. The summed E-state index contributed by atoms with van der Waals surface area (Å²) in [5.74, 6) is 0.264. The fourth-order valence-corrected chi connectivity index (χ4v) is 7.55. The van der Waals surface area contributed by atoms with Gasteiger partial charge in [-0.3, -0.25) is 9.69 Å². The number of hydrogen-bond acceptors (Lipinski definition) is 8. The van der Waals surface area contributed by atoms with Gasteiger partial charge in [0.05, 0.1) is 36.2 Å². The molecule has 5 N–H and O–H groups in total. The van der Waals surface area contributed by atoms with E-state index in [0.717, 1.165) is 24.0 Å². The fraction of sp³-hybridized carbons (Fsp3) is 0.741. The average Bonchev–Trinajstić information content (AvgIpc) is 3.37. The lowest BCUT2D eigenvalue weighted by atomic mass is 9.74. The Morgan fingerprint density at radius 1 is 1.22 bits per heavy atom. The van der Waals surface area contributed by atoms with E-state index in [1.165, 1.54) is 25.7 Å². The minimum absolute atomic E-state index is 0.00591. The van der Waals surface area contributed by atoms with E-state index >= 15 is 0 Å². The lowest BCUT2D eigenvalue weighted by Crippen LogP contribution is -2.59. The number of nitrogens with one attached hydrogen (secondary N) is 3. The summed E-state index contributed by atoms with van der Waals surface area (Å²) in [6, 6.07) is 7.63. The number of aliphatic hydroxyl groups is 2. The van der Waals surface area contributed by atoms with E-state index in [1.807, 2.05) is 17.1 Å². The maximum atomic E-state index is 14.1. The van der Waals surface area contributed by atoms with Crippen molar-refractivity contribution in [1.82, 2.24) is 25.6 Å². The number of nitrogens with zero attached hydrogens (tertiary/aromatic N) is 2. The molecular formula is C27H45N5O4S. The van der Waals surface area contributed by atoms with Gasteiger partial charge in [-0.15, -0.1) is 4.72 Å². The van der Waals surface area contributed by atoms with E-state index in [0.29, 0.717) is 18.9 Å². The van der Waals surface area contributed by atoms with Crippen LogP contribution in [0.2, 0.25) is 0 Å². The third-order valence-electron chi connectivity index (χ3n) is 8.37. The molecule has 0 radical (unpaired) electrons. The smallest absolute Gasteiger partial charge is 0.245 e. The van der Waals surface area contributed by atoms with E-state index in [2.05, 4.69) is 48.6 Å². The number of rotatable bonds is 7. The molecule has 3 aliphatic rings. The zero-order chi connectivity index (χ0) is 26.8. The first-order valence-corrected chi connectivity index (χ1v) is 14.9. The SMILES string of the molecule is CN[S+]([O-])[C@@H]1C[C@@H](O)CN1C(=O)[C@@H](N1CC(c2ccc(CO)cc2)(C2CCCCCC2)NN1)C(C)(C)C. The van der Waals surface area contributed by atoms with Gasteiger partial charge in [0.25, 0.3) is 0 Å². The maximum absolute atomic E-state index is 14.1. The first-order valence-electron chi connectivity index (χ1n) is 13.7. The van der Waals surface area contributed by atoms with E-state index in [9.17, 15) is 19.6 Å². The second-order valence-corrected chi connectivity index (χ2v) is 13.5. The lowest BCUT2D eigenvalue weighted by molar-refractivity contribution is -0.142. The largest absolute Gasteiger partial charge is 0.596 e. The summed E-state index contributed by atoms with van der Waals surface area (Å²) >= 11 is -1.45. The molecule has 10 heteroatoms. The van der Waals surface area contributed by atoms with Gasteiger partial charge in [0.1, 0.15) is 6.04 Å². The summed E-state index contributed by atoms with van der Waals surface area (Å²) < 4.78 is 15.4. The summed E-state index contributed by atoms with van der Waals surface area (Å²) in [6.07, 6.45) is 6.70. The summed E-state index contributed by atoms with van der Waals surface area (Å²) in [5.41, 5.74) is 8.26. The third kappa shape index (κ3) is 6.01. The molecule has 0 spiro atoms. The van der Waals surface area contributed by atoms with Crippen LogP contribution in [0.25, 0.3) is 0 Å². The Labute approximate surface area is 224 Å². The number of likely N-dealkylation sites (tertiary alicyclic amines) is 1. The molecule has 208 valence electrons. The van der Waals surface area contributed by atoms with Crippen LogP contribution in [0, 0.1) is 11.3 Å². The number of carbonyl (C=O) groups excluding carboxylic acids is 1. The van der Waals surface area contributed by atoms with Gasteiger partial charge in [0.2, 0.25) is 11.3 Å². The molecule has 1 aromatic carbocycles. The maximum Gasteiger partial charge on any atom is 0.245 e. The fourth-order valence-electron chi connectivity index (χ4n) is 6.46. The second-order valence-electron chi connectivity index (χ2n) is 12.0. The van der Waals surface area contributed by atoms with Crippen molar-refractivity contribution in [1.29, 1.82) is 0 Å². The monoisotopic (exact) mass is 535 g/mol. The Balaban J connectivity index is 1.67. The van der Waals surface area contributed by atoms with Crippen LogP contribution >= 0.6 is 0 Å². The first kappa shape index (κ1) is 28.8. The molecule has 1 amide bonds. The van der Waals surface area contributed by atoms with Crippen molar-refractivity contribution in [2.75, 3.05) is 20.1 Å². The summed E-state index contributed by atoms with van der Waals surface area (Å²) in [5, 5.41) is 21.4. The highest BCUT2D eigenvalue weighted by Crippen LogP contribution is 2.42. The molecular weight excluding hydrogens is 490 g/mol. The molecule has 4 rings (SSSR count). The standard InChI is InChI=1S/C27H45N5O4S/c1-26(2,3)24(25(35)31-16-22(34)15-23(31)37(36)28-4)32-18-27(29-30-32,20-9-7-5-6-8-10-20)21-13-11-19(17-33)12-14-21/h11-14,20,22-24,28-30,33-34H,5-10,15-18H2,1-4H3/t22-,23-,24-,27?,37?/m1/s1. The van der Waals surface area contributed by atoms with Crippen molar-refractivity contribution in [3.8, 4) is 0 Å². The van der Waals surface area contributed by atoms with Crippen molar-refractivity contribution >= 4 is 17.3 Å². The van der Waals surface area contributed by atoms with E-state index in [-0.39, 0.29) is 24.6 Å². The molecule has 0 aromatic heterocycles. The van der Waals surface area contributed by atoms with Gasteiger partial charge in [0.15, 0.2) is 0 Å². The lowest BCUT2D eigenvalue weighted by Gasteiger charge is -2.41. The Morgan fingerprint density at radius 3 is 2.43 bits per heavy atom. The van der Waals surface area contributed by atoms with Gasteiger partial charge in [-0.2, -0.15) is 5.53 Å². The van der Waals surface area contributed by atoms with Gasteiger partial charge >= 0.3 is 0 Å². The normalized spacial score (nSPS) is 29.9. The summed E-state index contributed by atoms with van der Waals surface area (Å²) in [6.45, 7) is 6.94. The van der Waals surface area contributed by atoms with Crippen molar-refractivity contribution in [3.05, 3.63) is 35.4 Å². The number of hydrazine groups is 2. The Bertz CT molecular complexity index is 905. The Morgan fingerprint density at radius 2 is 1.86 bits per heavy atom. The van der Waals surface area contributed by atoms with Crippen LogP contribution in [0.1, 0.15) is 76.8 Å². The molecule has 1 saturated carbocycles. The Kier molecular flexibility index (Phi) is 9.23. The zero-order valence-electron chi connectivity index (χ0n) is 22.7. The number of carbonyl (C=O) groups is 1. The first-order chi connectivity index (χ1) is 17.6. The molecule has 1 aromatic rings. The van der Waals surface area contributed by atoms with Gasteiger partial charge in [-0.05, 0) is 35.3 Å². The van der Waals surface area contributed by atoms with Gasteiger partial charge in [-0.25, -0.2) is 10.4 Å². The minimum Gasteiger partial charge on any atom is -0.596 e. The molecule has 2 saturated heterocycles.